The number of hydrogen-bond acceptors (Lipinski definition) is 7. The Morgan fingerprint density at radius 1 is 1.18 bits per heavy atom. The minimum atomic E-state index is -0.894. The Hall–Kier alpha value is -4.47. The summed E-state index contributed by atoms with van der Waals surface area (Å²) in [7, 11) is 1.48. The van der Waals surface area contributed by atoms with Crippen LogP contribution < -0.4 is 4.74 Å². The Bertz CT molecular complexity index is 1250. The molecule has 1 saturated heterocycles. The number of aromatic nitrogens is 2. The number of imidazole rings is 1. The summed E-state index contributed by atoms with van der Waals surface area (Å²) in [4.78, 5) is 42.0. The molecule has 1 fully saturated rings. The molecule has 0 bridgehead atoms. The average molecular weight is 462 g/mol. The summed E-state index contributed by atoms with van der Waals surface area (Å²) in [5, 5.41) is 22.2. The number of aryl methyl sites for hydroxylation is 1. The molecular weight excluding hydrogens is 440 g/mol. The zero-order valence-electron chi connectivity index (χ0n) is 18.3. The molecule has 2 heterocycles. The predicted octanol–water partition coefficient (Wildman–Crippen LogP) is 3.31. The number of nitro benzene ring substituents is 1. The first-order valence-corrected chi connectivity index (χ1v) is 10.5. The van der Waals surface area contributed by atoms with Crippen molar-refractivity contribution in [3.8, 4) is 5.75 Å². The van der Waals surface area contributed by atoms with Gasteiger partial charge in [-0.3, -0.25) is 19.7 Å². The van der Waals surface area contributed by atoms with Gasteiger partial charge in [-0.2, -0.15) is 0 Å². The first-order valence-electron chi connectivity index (χ1n) is 10.5. The van der Waals surface area contributed by atoms with Crippen LogP contribution in [0.5, 0.6) is 5.75 Å². The van der Waals surface area contributed by atoms with Gasteiger partial charge in [-0.25, -0.2) is 4.98 Å². The number of nitro groups is 1. The number of aliphatic hydroxyl groups excluding tert-OH is 1. The molecule has 2 aromatic carbocycles. The number of methoxy groups -OCH3 is 1. The molecule has 4 rings (SSSR count). The smallest absolute Gasteiger partial charge is 0.295 e. The number of likely N-dealkylation sites (tertiary alicyclic amines) is 1. The molecule has 1 amide bonds. The highest BCUT2D eigenvalue weighted by Crippen LogP contribution is 2.40. The topological polar surface area (TPSA) is 128 Å². The molecule has 10 nitrogen and oxygen atoms in total. The van der Waals surface area contributed by atoms with Crippen LogP contribution in [0.3, 0.4) is 0 Å². The molecule has 0 aliphatic carbocycles. The highest BCUT2D eigenvalue weighted by molar-refractivity contribution is 6.46. The summed E-state index contributed by atoms with van der Waals surface area (Å²) < 4.78 is 7.06. The summed E-state index contributed by atoms with van der Waals surface area (Å²) >= 11 is 0. The first kappa shape index (κ1) is 22.7. The number of non-ortho nitro benzene ring substituents is 1. The SMILES string of the molecule is COc1cccc(C(O)=C2C(=O)C(=O)N(CCCn3ccnc3)[C@@H]2c2ccc([N+](=O)[O-])cc2)c1. The van der Waals surface area contributed by atoms with Gasteiger partial charge in [0.2, 0.25) is 0 Å². The number of Topliss-reactive ketones (excluding diaryl/α,β-unsaturated/α-hetero) is 1. The van der Waals surface area contributed by atoms with E-state index in [4.69, 9.17) is 4.74 Å². The number of rotatable bonds is 8. The van der Waals surface area contributed by atoms with Crippen LogP contribution in [0, 0.1) is 10.1 Å². The zero-order valence-corrected chi connectivity index (χ0v) is 18.3. The monoisotopic (exact) mass is 462 g/mol. The molecule has 3 aromatic rings. The van der Waals surface area contributed by atoms with Crippen LogP contribution in [0.15, 0.2) is 72.8 Å². The van der Waals surface area contributed by atoms with E-state index in [1.807, 2.05) is 4.57 Å². The molecule has 0 radical (unpaired) electrons. The minimum absolute atomic E-state index is 0.0743. The Balaban J connectivity index is 1.75. The number of amides is 1. The van der Waals surface area contributed by atoms with E-state index in [1.165, 1.54) is 36.3 Å². The highest BCUT2D eigenvalue weighted by atomic mass is 16.6. The van der Waals surface area contributed by atoms with E-state index in [1.54, 1.807) is 43.0 Å². The fraction of sp³-hybridized carbons (Fsp3) is 0.208. The van der Waals surface area contributed by atoms with Gasteiger partial charge in [-0.05, 0) is 36.2 Å². The minimum Gasteiger partial charge on any atom is -0.507 e. The average Bonchev–Trinajstić information content (AvgIpc) is 3.46. The van der Waals surface area contributed by atoms with Gasteiger partial charge < -0.3 is 19.3 Å². The van der Waals surface area contributed by atoms with E-state index < -0.39 is 22.7 Å². The molecule has 0 saturated carbocycles. The Kier molecular flexibility index (Phi) is 6.39. The largest absolute Gasteiger partial charge is 0.507 e. The van der Waals surface area contributed by atoms with Crippen molar-refractivity contribution in [2.45, 2.75) is 19.0 Å². The van der Waals surface area contributed by atoms with E-state index >= 15 is 0 Å². The van der Waals surface area contributed by atoms with Crippen molar-refractivity contribution in [1.82, 2.24) is 14.5 Å². The Labute approximate surface area is 194 Å². The summed E-state index contributed by atoms with van der Waals surface area (Å²) in [5.74, 6) is -1.41. The van der Waals surface area contributed by atoms with Gasteiger partial charge in [-0.15, -0.1) is 0 Å². The van der Waals surface area contributed by atoms with Crippen molar-refractivity contribution < 1.29 is 24.4 Å². The molecule has 174 valence electrons. The quantitative estimate of drug-likeness (QED) is 0.179. The van der Waals surface area contributed by atoms with Crippen LogP contribution in [-0.2, 0) is 16.1 Å². The molecule has 0 unspecified atom stereocenters. The fourth-order valence-corrected chi connectivity index (χ4v) is 4.00. The van der Waals surface area contributed by atoms with Gasteiger partial charge >= 0.3 is 0 Å². The lowest BCUT2D eigenvalue weighted by atomic mass is 9.95. The molecule has 1 aromatic heterocycles. The molecule has 10 heteroatoms. The van der Waals surface area contributed by atoms with E-state index in [9.17, 15) is 24.8 Å². The van der Waals surface area contributed by atoms with Crippen LogP contribution in [0.4, 0.5) is 5.69 Å². The lowest BCUT2D eigenvalue weighted by Crippen LogP contribution is -2.31. The summed E-state index contributed by atoms with van der Waals surface area (Å²) in [6.07, 6.45) is 5.64. The second kappa shape index (κ2) is 9.57. The summed E-state index contributed by atoms with van der Waals surface area (Å²) in [6.45, 7) is 0.811. The van der Waals surface area contributed by atoms with Gasteiger partial charge in [0.1, 0.15) is 11.5 Å². The summed E-state index contributed by atoms with van der Waals surface area (Å²) in [6, 6.07) is 11.3. The Morgan fingerprint density at radius 2 is 1.94 bits per heavy atom. The van der Waals surface area contributed by atoms with Gasteiger partial charge in [-0.1, -0.05) is 12.1 Å². The first-order chi connectivity index (χ1) is 16.4. The van der Waals surface area contributed by atoms with E-state index in [-0.39, 0.29) is 23.6 Å². The Morgan fingerprint density at radius 3 is 2.59 bits per heavy atom. The van der Waals surface area contributed by atoms with Gasteiger partial charge in [0.15, 0.2) is 0 Å². The van der Waals surface area contributed by atoms with Crippen LogP contribution in [0.25, 0.3) is 5.76 Å². The standard InChI is InChI=1S/C24H22N4O6/c1-34-19-5-2-4-17(14-19)22(29)20-21(16-6-8-18(9-7-16)28(32)33)27(24(31)23(20)30)12-3-11-26-13-10-25-15-26/h2,4-10,13-15,21,29H,3,11-12H2,1H3/t21-/m1/s1. The van der Waals surface area contributed by atoms with Crippen molar-refractivity contribution >= 4 is 23.1 Å². The van der Waals surface area contributed by atoms with Crippen LogP contribution >= 0.6 is 0 Å². The van der Waals surface area contributed by atoms with Crippen molar-refractivity contribution in [2.24, 2.45) is 0 Å². The number of carbonyl (C=O) groups is 2. The number of nitrogens with zero attached hydrogens (tertiary/aromatic N) is 4. The highest BCUT2D eigenvalue weighted by Gasteiger charge is 2.45. The molecule has 1 aliphatic rings. The third-order valence-corrected chi connectivity index (χ3v) is 5.68. The van der Waals surface area contributed by atoms with E-state index in [0.717, 1.165) is 0 Å². The summed E-state index contributed by atoms with van der Waals surface area (Å²) in [5.41, 5.74) is 0.614. The van der Waals surface area contributed by atoms with Crippen LogP contribution in [0.1, 0.15) is 23.6 Å². The number of aliphatic hydroxyl groups is 1. The number of benzene rings is 2. The maximum Gasteiger partial charge on any atom is 0.295 e. The lowest BCUT2D eigenvalue weighted by molar-refractivity contribution is -0.384. The third-order valence-electron chi connectivity index (χ3n) is 5.68. The van der Waals surface area contributed by atoms with Crippen molar-refractivity contribution in [3.05, 3.63) is 94.1 Å². The normalized spacial score (nSPS) is 17.2. The maximum absolute atomic E-state index is 13.1. The van der Waals surface area contributed by atoms with Crippen LogP contribution in [0.2, 0.25) is 0 Å². The molecule has 0 spiro atoms. The van der Waals surface area contributed by atoms with Crippen molar-refractivity contribution in [3.63, 3.8) is 0 Å². The number of ether oxygens (including phenoxy) is 1. The van der Waals surface area contributed by atoms with Gasteiger partial charge in [0.25, 0.3) is 17.4 Å². The van der Waals surface area contributed by atoms with E-state index in [0.29, 0.717) is 29.8 Å². The molecule has 1 atom stereocenters. The molecule has 1 aliphatic heterocycles. The van der Waals surface area contributed by atoms with Crippen molar-refractivity contribution in [1.29, 1.82) is 0 Å². The molecule has 34 heavy (non-hydrogen) atoms. The number of carbonyl (C=O) groups excluding carboxylic acids is 2. The van der Waals surface area contributed by atoms with Crippen LogP contribution in [-0.4, -0.2) is 49.8 Å². The molecular formula is C24H22N4O6. The second-order valence-electron chi connectivity index (χ2n) is 7.73. The fourth-order valence-electron chi connectivity index (χ4n) is 4.00. The van der Waals surface area contributed by atoms with Crippen molar-refractivity contribution in [2.75, 3.05) is 13.7 Å². The zero-order chi connectivity index (χ0) is 24.2. The van der Waals surface area contributed by atoms with E-state index in [2.05, 4.69) is 4.98 Å². The second-order valence-corrected chi connectivity index (χ2v) is 7.73. The predicted molar refractivity (Wildman–Crippen MR) is 122 cm³/mol. The number of ketones is 1. The number of hydrogen-bond donors (Lipinski definition) is 1. The third kappa shape index (κ3) is 4.38. The maximum atomic E-state index is 13.1. The molecule has 1 N–H and O–H groups in total. The lowest BCUT2D eigenvalue weighted by Gasteiger charge is -2.25. The van der Waals surface area contributed by atoms with Gasteiger partial charge in [0, 0.05) is 43.2 Å². The van der Waals surface area contributed by atoms with Gasteiger partial charge in [0.05, 0.1) is 30.0 Å².